The normalized spacial score (nSPS) is 10.8. The average Bonchev–Trinajstić information content (AvgIpc) is 2.44. The second kappa shape index (κ2) is 6.59. The topological polar surface area (TPSA) is 46.5 Å². The van der Waals surface area contributed by atoms with Crippen molar-refractivity contribution >= 4 is 28.0 Å². The van der Waals surface area contributed by atoms with Crippen LogP contribution in [0.4, 0.5) is 0 Å². The fraction of sp³-hybridized carbons (Fsp3) is 0.118. The molecule has 21 heavy (non-hydrogen) atoms. The van der Waals surface area contributed by atoms with Gasteiger partial charge in [0.25, 0.3) is 0 Å². The van der Waals surface area contributed by atoms with Crippen molar-refractivity contribution in [1.82, 2.24) is 0 Å². The van der Waals surface area contributed by atoms with Gasteiger partial charge in [-0.3, -0.25) is 0 Å². The molecule has 0 spiro atoms. The minimum atomic E-state index is -0.962. The van der Waals surface area contributed by atoms with Gasteiger partial charge < -0.3 is 9.84 Å². The Morgan fingerprint density at radius 1 is 1.10 bits per heavy atom. The Bertz CT molecular complexity index is 665. The van der Waals surface area contributed by atoms with Crippen LogP contribution in [0.3, 0.4) is 0 Å². The van der Waals surface area contributed by atoms with Gasteiger partial charge in [0, 0.05) is 10.5 Å². The highest BCUT2D eigenvalue weighted by atomic mass is 79.9. The van der Waals surface area contributed by atoms with Gasteiger partial charge in [0.05, 0.1) is 0 Å². The zero-order chi connectivity index (χ0) is 15.4. The molecule has 2 aromatic carbocycles. The monoisotopic (exact) mass is 346 g/mol. The smallest absolute Gasteiger partial charge is 0.328 e. The maximum absolute atomic E-state index is 10.5. The van der Waals surface area contributed by atoms with E-state index in [0.717, 1.165) is 33.0 Å². The summed E-state index contributed by atoms with van der Waals surface area (Å²) < 4.78 is 6.90. The van der Waals surface area contributed by atoms with Gasteiger partial charge in [-0.1, -0.05) is 28.1 Å². The van der Waals surface area contributed by atoms with Gasteiger partial charge in [-0.25, -0.2) is 4.79 Å². The Morgan fingerprint density at radius 3 is 2.19 bits per heavy atom. The molecule has 0 unspecified atom stereocenters. The summed E-state index contributed by atoms with van der Waals surface area (Å²) in [5.74, 6) is 0.529. The fourth-order valence-electron chi connectivity index (χ4n) is 1.92. The van der Waals surface area contributed by atoms with Crippen molar-refractivity contribution in [2.24, 2.45) is 0 Å². The Morgan fingerprint density at radius 2 is 1.67 bits per heavy atom. The van der Waals surface area contributed by atoms with Crippen LogP contribution < -0.4 is 4.74 Å². The van der Waals surface area contributed by atoms with E-state index in [-0.39, 0.29) is 0 Å². The first-order valence-electron chi connectivity index (χ1n) is 6.41. The number of carboxylic acid groups (broad SMARTS) is 1. The van der Waals surface area contributed by atoms with Crippen LogP contribution >= 0.6 is 15.9 Å². The minimum Gasteiger partial charge on any atom is -0.478 e. The first-order chi connectivity index (χ1) is 9.95. The molecule has 0 atom stereocenters. The highest BCUT2D eigenvalue weighted by molar-refractivity contribution is 9.10. The Hall–Kier alpha value is -2.07. The molecule has 3 nitrogen and oxygen atoms in total. The third-order valence-electron chi connectivity index (χ3n) is 2.94. The van der Waals surface area contributed by atoms with Crippen molar-refractivity contribution in [3.63, 3.8) is 0 Å². The molecule has 0 saturated carbocycles. The van der Waals surface area contributed by atoms with Crippen LogP contribution in [0.5, 0.6) is 11.5 Å². The van der Waals surface area contributed by atoms with Crippen LogP contribution in [-0.2, 0) is 4.79 Å². The molecule has 0 aliphatic carbocycles. The maximum Gasteiger partial charge on any atom is 0.328 e. The second-order valence-electron chi connectivity index (χ2n) is 4.71. The van der Waals surface area contributed by atoms with Crippen molar-refractivity contribution in [2.45, 2.75) is 13.8 Å². The molecule has 108 valence electrons. The molecule has 0 aliphatic rings. The van der Waals surface area contributed by atoms with E-state index >= 15 is 0 Å². The summed E-state index contributed by atoms with van der Waals surface area (Å²) in [5, 5.41) is 8.58. The molecule has 4 heteroatoms. The quantitative estimate of drug-likeness (QED) is 0.796. The van der Waals surface area contributed by atoms with Crippen molar-refractivity contribution < 1.29 is 14.6 Å². The summed E-state index contributed by atoms with van der Waals surface area (Å²) in [5.41, 5.74) is 3.05. The fourth-order valence-corrected chi connectivity index (χ4v) is 2.14. The lowest BCUT2D eigenvalue weighted by atomic mass is 10.1. The van der Waals surface area contributed by atoms with E-state index in [1.807, 2.05) is 50.2 Å². The Labute approximate surface area is 132 Å². The summed E-state index contributed by atoms with van der Waals surface area (Å²) >= 11 is 3.53. The van der Waals surface area contributed by atoms with E-state index < -0.39 is 5.97 Å². The summed E-state index contributed by atoms with van der Waals surface area (Å²) in [6, 6.07) is 11.2. The van der Waals surface area contributed by atoms with Crippen LogP contribution in [0.25, 0.3) is 6.08 Å². The Kier molecular flexibility index (Phi) is 4.81. The van der Waals surface area contributed by atoms with Gasteiger partial charge in [0.15, 0.2) is 0 Å². The average molecular weight is 347 g/mol. The molecule has 0 aromatic heterocycles. The van der Waals surface area contributed by atoms with Gasteiger partial charge in [0.1, 0.15) is 11.5 Å². The molecule has 0 fully saturated rings. The van der Waals surface area contributed by atoms with Crippen LogP contribution in [-0.4, -0.2) is 11.1 Å². The third-order valence-corrected chi connectivity index (χ3v) is 4.19. The highest BCUT2D eigenvalue weighted by Gasteiger charge is 2.04. The van der Waals surface area contributed by atoms with Crippen LogP contribution in [0, 0.1) is 13.8 Å². The minimum absolute atomic E-state index is 0.712. The molecule has 1 N–H and O–H groups in total. The van der Waals surface area contributed by atoms with Crippen molar-refractivity contribution in [3.05, 3.63) is 63.6 Å². The lowest BCUT2D eigenvalue weighted by molar-refractivity contribution is -0.131. The zero-order valence-electron chi connectivity index (χ0n) is 11.8. The van der Waals surface area contributed by atoms with Gasteiger partial charge in [-0.05, 0) is 60.9 Å². The zero-order valence-corrected chi connectivity index (χ0v) is 13.3. The Balaban J connectivity index is 2.15. The van der Waals surface area contributed by atoms with Crippen molar-refractivity contribution in [1.29, 1.82) is 0 Å². The van der Waals surface area contributed by atoms with E-state index in [0.29, 0.717) is 5.75 Å². The summed E-state index contributed by atoms with van der Waals surface area (Å²) in [6.45, 7) is 4.04. The molecule has 0 bridgehead atoms. The number of ether oxygens (including phenoxy) is 1. The van der Waals surface area contributed by atoms with Crippen LogP contribution in [0.2, 0.25) is 0 Å². The number of benzene rings is 2. The van der Waals surface area contributed by atoms with E-state index in [1.54, 1.807) is 6.08 Å². The van der Waals surface area contributed by atoms with E-state index in [1.165, 1.54) is 0 Å². The second-order valence-corrected chi connectivity index (χ2v) is 5.51. The molecular formula is C17H15BrO3. The number of carboxylic acids is 1. The number of hydrogen-bond acceptors (Lipinski definition) is 2. The largest absolute Gasteiger partial charge is 0.478 e. The van der Waals surface area contributed by atoms with Crippen molar-refractivity contribution in [2.75, 3.05) is 0 Å². The molecule has 0 saturated heterocycles. The number of hydrogen-bond donors (Lipinski definition) is 1. The standard InChI is InChI=1S/C17H15BrO3/c1-11-9-15(10-12(2)17(11)18)21-14-6-3-13(4-7-14)5-8-16(19)20/h3-10H,1-2H3,(H,19,20)/b8-5+. The molecular weight excluding hydrogens is 332 g/mol. The van der Waals surface area contributed by atoms with Gasteiger partial charge >= 0.3 is 5.97 Å². The summed E-state index contributed by atoms with van der Waals surface area (Å²) in [7, 11) is 0. The number of halogens is 1. The van der Waals surface area contributed by atoms with Gasteiger partial charge in [-0.15, -0.1) is 0 Å². The third kappa shape index (κ3) is 4.20. The first-order valence-corrected chi connectivity index (χ1v) is 7.20. The molecule has 0 heterocycles. The molecule has 0 radical (unpaired) electrons. The summed E-state index contributed by atoms with van der Waals surface area (Å²) in [6.07, 6.45) is 2.65. The van der Waals surface area contributed by atoms with Crippen molar-refractivity contribution in [3.8, 4) is 11.5 Å². The number of aliphatic carboxylic acids is 1. The highest BCUT2D eigenvalue weighted by Crippen LogP contribution is 2.29. The number of rotatable bonds is 4. The summed E-state index contributed by atoms with van der Waals surface area (Å²) in [4.78, 5) is 10.5. The predicted octanol–water partition coefficient (Wildman–Crippen LogP) is 4.96. The molecule has 0 aliphatic heterocycles. The predicted molar refractivity (Wildman–Crippen MR) is 86.8 cm³/mol. The maximum atomic E-state index is 10.5. The van der Waals surface area contributed by atoms with Gasteiger partial charge in [-0.2, -0.15) is 0 Å². The molecule has 2 rings (SSSR count). The van der Waals surface area contributed by atoms with E-state index in [2.05, 4.69) is 15.9 Å². The first kappa shape index (κ1) is 15.3. The van der Waals surface area contributed by atoms with Gasteiger partial charge in [0.2, 0.25) is 0 Å². The van der Waals surface area contributed by atoms with E-state index in [9.17, 15) is 4.79 Å². The van der Waals surface area contributed by atoms with Crippen LogP contribution in [0.15, 0.2) is 46.9 Å². The molecule has 0 amide bonds. The molecule has 2 aromatic rings. The van der Waals surface area contributed by atoms with E-state index in [4.69, 9.17) is 9.84 Å². The van der Waals surface area contributed by atoms with Crippen LogP contribution in [0.1, 0.15) is 16.7 Å². The lowest BCUT2D eigenvalue weighted by Gasteiger charge is -2.10. The SMILES string of the molecule is Cc1cc(Oc2ccc(/C=C/C(=O)O)cc2)cc(C)c1Br. The lowest BCUT2D eigenvalue weighted by Crippen LogP contribution is -1.89. The number of aryl methyl sites for hydroxylation is 2. The number of carbonyl (C=O) groups is 1.